The maximum Gasteiger partial charge on any atom is 0.306 e. The highest BCUT2D eigenvalue weighted by molar-refractivity contribution is 5.71. The minimum atomic E-state index is -0.839. The molecule has 1 atom stereocenters. The summed E-state index contributed by atoms with van der Waals surface area (Å²) in [5, 5.41) is 0. The fourth-order valence-electron chi connectivity index (χ4n) is 7.58. The van der Waals surface area contributed by atoms with Gasteiger partial charge in [-0.15, -0.1) is 0 Å². The smallest absolute Gasteiger partial charge is 0.306 e. The van der Waals surface area contributed by atoms with Crippen LogP contribution in [0.15, 0.2) is 194 Å². The van der Waals surface area contributed by atoms with Crippen molar-refractivity contribution in [1.82, 2.24) is 0 Å². The zero-order chi connectivity index (χ0) is 57.1. The van der Waals surface area contributed by atoms with E-state index in [1.165, 1.54) is 12.8 Å². The zero-order valence-corrected chi connectivity index (χ0v) is 50.0. The van der Waals surface area contributed by atoms with Crippen molar-refractivity contribution in [3.8, 4) is 0 Å². The molecule has 6 heteroatoms. The Morgan fingerprint density at radius 1 is 0.253 bits per heavy atom. The normalized spacial score (nSPS) is 13.5. The summed E-state index contributed by atoms with van der Waals surface area (Å²) in [4.78, 5) is 38.2. The lowest BCUT2D eigenvalue weighted by Crippen LogP contribution is -2.30. The van der Waals surface area contributed by atoms with Gasteiger partial charge in [-0.3, -0.25) is 14.4 Å². The molecule has 0 aromatic heterocycles. The molecule has 6 nitrogen and oxygen atoms in total. The lowest BCUT2D eigenvalue weighted by molar-refractivity contribution is -0.166. The summed E-state index contributed by atoms with van der Waals surface area (Å²) in [6, 6.07) is 0. The fraction of sp³-hybridized carbons (Fsp3) is 0.521. The van der Waals surface area contributed by atoms with E-state index in [1.54, 1.807) is 0 Å². The molecule has 0 radical (unpaired) electrons. The molecule has 0 aliphatic rings. The van der Waals surface area contributed by atoms with E-state index >= 15 is 0 Å². The molecule has 0 rings (SSSR count). The van der Waals surface area contributed by atoms with Crippen LogP contribution in [0.1, 0.15) is 226 Å². The van der Waals surface area contributed by atoms with Gasteiger partial charge in [-0.2, -0.15) is 0 Å². The third-order valence-corrected chi connectivity index (χ3v) is 12.1. The molecule has 0 aromatic rings. The Balaban J connectivity index is 4.44. The molecule has 0 saturated heterocycles. The van der Waals surface area contributed by atoms with E-state index in [9.17, 15) is 14.4 Å². The van der Waals surface area contributed by atoms with Crippen LogP contribution >= 0.6 is 0 Å². The fourth-order valence-corrected chi connectivity index (χ4v) is 7.58. The summed E-state index contributed by atoms with van der Waals surface area (Å²) < 4.78 is 16.8. The maximum atomic E-state index is 12.9. The van der Waals surface area contributed by atoms with Crippen LogP contribution in [0.25, 0.3) is 0 Å². The van der Waals surface area contributed by atoms with Gasteiger partial charge in [-0.25, -0.2) is 0 Å². The Bertz CT molecular complexity index is 1920. The van der Waals surface area contributed by atoms with E-state index in [1.807, 2.05) is 12.2 Å². The highest BCUT2D eigenvalue weighted by atomic mass is 16.6. The molecule has 79 heavy (non-hydrogen) atoms. The van der Waals surface area contributed by atoms with Crippen molar-refractivity contribution in [3.05, 3.63) is 194 Å². The minimum Gasteiger partial charge on any atom is -0.462 e. The van der Waals surface area contributed by atoms with Crippen molar-refractivity contribution >= 4 is 17.9 Å². The molecule has 1 unspecified atom stereocenters. The number of hydrogen-bond donors (Lipinski definition) is 0. The Kier molecular flexibility index (Phi) is 60.1. The van der Waals surface area contributed by atoms with Crippen LogP contribution in [-0.2, 0) is 28.6 Å². The van der Waals surface area contributed by atoms with E-state index < -0.39 is 6.10 Å². The molecule has 0 heterocycles. The van der Waals surface area contributed by atoms with Gasteiger partial charge in [-0.1, -0.05) is 254 Å². The monoisotopic (exact) mass is 1080 g/mol. The lowest BCUT2D eigenvalue weighted by Gasteiger charge is -2.18. The summed E-state index contributed by atoms with van der Waals surface area (Å²) in [6.07, 6.45) is 98.8. The van der Waals surface area contributed by atoms with E-state index in [-0.39, 0.29) is 44.0 Å². The summed E-state index contributed by atoms with van der Waals surface area (Å²) in [5.74, 6) is -1.06. The van der Waals surface area contributed by atoms with Crippen LogP contribution in [0.4, 0.5) is 0 Å². The second-order valence-corrected chi connectivity index (χ2v) is 19.5. The predicted molar refractivity (Wildman–Crippen MR) is 343 cm³/mol. The van der Waals surface area contributed by atoms with E-state index in [0.717, 1.165) is 167 Å². The number of allylic oxidation sites excluding steroid dienone is 32. The van der Waals surface area contributed by atoms with Crippen LogP contribution in [0.3, 0.4) is 0 Å². The van der Waals surface area contributed by atoms with Gasteiger partial charge >= 0.3 is 17.9 Å². The number of ether oxygens (including phenoxy) is 3. The summed E-state index contributed by atoms with van der Waals surface area (Å²) in [6.45, 7) is 6.17. The van der Waals surface area contributed by atoms with E-state index in [4.69, 9.17) is 14.2 Å². The summed E-state index contributed by atoms with van der Waals surface area (Å²) >= 11 is 0. The lowest BCUT2D eigenvalue weighted by atomic mass is 10.1. The SMILES string of the molecule is CC/C=C\C/C=C\C/C=C\C/C=C\C/C=C\C/C=C\C/C=C\C/C=C\CCCCCCCCC(=O)OCC(COC(=O)CC/C=C\C/C=C\C/C=C\C/C=C\CC)OC(=O)CCCCCC/C=C\C/C=C\C/C=C\C/C=C\CC. The van der Waals surface area contributed by atoms with Crippen LogP contribution in [0.5, 0.6) is 0 Å². The summed E-state index contributed by atoms with van der Waals surface area (Å²) in [7, 11) is 0. The molecule has 0 aromatic carbocycles. The molecule has 0 saturated carbocycles. The highest BCUT2D eigenvalue weighted by Gasteiger charge is 2.19. The molecule has 0 amide bonds. The van der Waals surface area contributed by atoms with Crippen molar-refractivity contribution in [1.29, 1.82) is 0 Å². The van der Waals surface area contributed by atoms with Gasteiger partial charge in [0.2, 0.25) is 0 Å². The van der Waals surface area contributed by atoms with E-state index in [2.05, 4.69) is 203 Å². The number of carbonyl (C=O) groups is 3. The van der Waals surface area contributed by atoms with E-state index in [0.29, 0.717) is 12.8 Å². The third kappa shape index (κ3) is 63.0. The first-order valence-corrected chi connectivity index (χ1v) is 30.9. The standard InChI is InChI=1S/C73H110O6/c1-4-7-10-13-16-19-22-25-27-29-30-31-32-33-34-35-36-37-38-39-40-41-42-44-45-48-51-54-57-60-63-66-72(75)78-69-70(68-77-71(74)65-62-59-56-53-50-47-24-21-18-15-12-9-6-3)79-73(76)67-64-61-58-55-52-49-46-43-28-26-23-20-17-14-11-8-5-2/h7-12,16-21,25-28,30-31,33-34,36-37,39-40,42,44,46-47,49-50,56,59,70H,4-6,13-15,22-24,29,32,35,38,41,43,45,48,51-55,57-58,60-69H2,1-3H3/b10-7-,11-8-,12-9-,19-16-,20-17-,21-18-,27-25-,28-26-,31-30-,34-33-,37-36-,40-39-,44-42-,49-46-,50-47-,59-56-. The first-order valence-electron chi connectivity index (χ1n) is 30.9. The van der Waals surface area contributed by atoms with Gasteiger partial charge in [0.25, 0.3) is 0 Å². The first-order chi connectivity index (χ1) is 39.0. The highest BCUT2D eigenvalue weighted by Crippen LogP contribution is 2.12. The largest absolute Gasteiger partial charge is 0.462 e. The number of rotatable bonds is 53. The number of hydrogen-bond acceptors (Lipinski definition) is 6. The first kappa shape index (κ1) is 73.2. The topological polar surface area (TPSA) is 78.9 Å². The van der Waals surface area contributed by atoms with Crippen molar-refractivity contribution in [2.24, 2.45) is 0 Å². The second kappa shape index (κ2) is 64.8. The molecule has 0 aliphatic heterocycles. The number of unbranched alkanes of at least 4 members (excludes halogenated alkanes) is 10. The van der Waals surface area contributed by atoms with Gasteiger partial charge in [0.1, 0.15) is 13.2 Å². The Labute approximate surface area is 484 Å². The van der Waals surface area contributed by atoms with Crippen LogP contribution < -0.4 is 0 Å². The Hall–Kier alpha value is -5.75. The molecule has 0 aliphatic carbocycles. The average Bonchev–Trinajstić information content (AvgIpc) is 3.45. The number of esters is 3. The molecule has 0 N–H and O–H groups in total. The third-order valence-electron chi connectivity index (χ3n) is 12.1. The average molecular weight is 1080 g/mol. The van der Waals surface area contributed by atoms with Crippen molar-refractivity contribution in [2.75, 3.05) is 13.2 Å². The Morgan fingerprint density at radius 3 is 0.785 bits per heavy atom. The van der Waals surface area contributed by atoms with Crippen molar-refractivity contribution in [3.63, 3.8) is 0 Å². The number of carbonyl (C=O) groups excluding carboxylic acids is 3. The maximum absolute atomic E-state index is 12.9. The Morgan fingerprint density at radius 2 is 0.481 bits per heavy atom. The second-order valence-electron chi connectivity index (χ2n) is 19.5. The molecule has 0 fully saturated rings. The zero-order valence-electron chi connectivity index (χ0n) is 50.0. The molecule has 0 bridgehead atoms. The molecule has 0 spiro atoms. The van der Waals surface area contributed by atoms with Crippen molar-refractivity contribution < 1.29 is 28.6 Å². The molecular formula is C73H110O6. The molecular weight excluding hydrogens is 973 g/mol. The van der Waals surface area contributed by atoms with Crippen LogP contribution in [0.2, 0.25) is 0 Å². The minimum absolute atomic E-state index is 0.129. The summed E-state index contributed by atoms with van der Waals surface area (Å²) in [5.41, 5.74) is 0. The van der Waals surface area contributed by atoms with Gasteiger partial charge in [0.05, 0.1) is 0 Å². The quantitative estimate of drug-likeness (QED) is 0.0261. The van der Waals surface area contributed by atoms with Crippen molar-refractivity contribution in [2.45, 2.75) is 232 Å². The van der Waals surface area contributed by atoms with Gasteiger partial charge in [0, 0.05) is 19.3 Å². The predicted octanol–water partition coefficient (Wildman–Crippen LogP) is 21.4. The van der Waals surface area contributed by atoms with Crippen LogP contribution in [-0.4, -0.2) is 37.2 Å². The molecule has 438 valence electrons. The van der Waals surface area contributed by atoms with Gasteiger partial charge in [0.15, 0.2) is 6.10 Å². The van der Waals surface area contributed by atoms with Gasteiger partial charge < -0.3 is 14.2 Å². The van der Waals surface area contributed by atoms with Crippen LogP contribution in [0, 0.1) is 0 Å². The van der Waals surface area contributed by atoms with Gasteiger partial charge in [-0.05, 0) is 148 Å².